The molecule has 3 atom stereocenters. The number of amidine groups is 1. The van der Waals surface area contributed by atoms with E-state index in [-0.39, 0.29) is 17.7 Å². The van der Waals surface area contributed by atoms with E-state index in [1.807, 2.05) is 24.5 Å². The summed E-state index contributed by atoms with van der Waals surface area (Å²) in [6.45, 7) is 2.38. The largest absolute Gasteiger partial charge is 0.350 e. The molecule has 0 saturated carbocycles. The molecule has 304 valence electrons. The van der Waals surface area contributed by atoms with Crippen LogP contribution in [0.4, 0.5) is 0 Å². The Morgan fingerprint density at radius 1 is 0.469 bits per heavy atom. The van der Waals surface area contributed by atoms with Crippen molar-refractivity contribution in [2.24, 2.45) is 4.99 Å². The second kappa shape index (κ2) is 15.4. The smallest absolute Gasteiger partial charge is 0.131 e. The van der Waals surface area contributed by atoms with Crippen LogP contribution >= 0.6 is 0 Å². The van der Waals surface area contributed by atoms with Crippen molar-refractivity contribution in [3.05, 3.63) is 252 Å². The van der Waals surface area contributed by atoms with E-state index in [1.165, 1.54) is 27.8 Å². The lowest BCUT2D eigenvalue weighted by atomic mass is 9.74. The Hall–Kier alpha value is -7.99. The molecule has 0 fully saturated rings. The lowest BCUT2D eigenvalue weighted by Gasteiger charge is -2.32. The first-order chi connectivity index (χ1) is 31.6. The lowest BCUT2D eigenvalue weighted by Crippen LogP contribution is -2.44. The van der Waals surface area contributed by atoms with Gasteiger partial charge in [-0.15, -0.1) is 0 Å². The first kappa shape index (κ1) is 37.7. The number of pyridine rings is 2. The summed E-state index contributed by atoms with van der Waals surface area (Å²) in [5.41, 5.74) is 16.9. The second-order valence-electron chi connectivity index (χ2n) is 17.0. The first-order valence-electron chi connectivity index (χ1n) is 22.0. The molecule has 2 aliphatic rings. The molecule has 64 heavy (non-hydrogen) atoms. The van der Waals surface area contributed by atoms with Gasteiger partial charge in [-0.25, -0.2) is 9.98 Å². The van der Waals surface area contributed by atoms with Crippen LogP contribution in [0.3, 0.4) is 0 Å². The molecule has 0 spiro atoms. The minimum absolute atomic E-state index is 0.158. The number of rotatable bonds is 7. The summed E-state index contributed by atoms with van der Waals surface area (Å²) < 4.78 is 0. The Balaban J connectivity index is 1.02. The van der Waals surface area contributed by atoms with E-state index in [9.17, 15) is 0 Å². The SMILES string of the molecule is CC1(c2ccccc2)c2ccccc2-c2ccc(-c3cc(-c4ccc(-c5nc6ccccc6c6ccncc56)cc4)cc(C4N=C(c5ccccc5)NC(c5ccccc5)N4)c3)cc21. The zero-order chi connectivity index (χ0) is 42.6. The predicted molar refractivity (Wildman–Crippen MR) is 262 cm³/mol. The molecule has 3 unspecified atom stereocenters. The zero-order valence-corrected chi connectivity index (χ0v) is 35.3. The van der Waals surface area contributed by atoms with E-state index in [0.29, 0.717) is 0 Å². The van der Waals surface area contributed by atoms with Gasteiger partial charge in [0.2, 0.25) is 0 Å². The third-order valence-corrected chi connectivity index (χ3v) is 13.3. The van der Waals surface area contributed by atoms with E-state index in [4.69, 9.17) is 9.98 Å². The van der Waals surface area contributed by atoms with Crippen molar-refractivity contribution in [1.82, 2.24) is 20.6 Å². The van der Waals surface area contributed by atoms with Gasteiger partial charge in [0.05, 0.1) is 11.2 Å². The van der Waals surface area contributed by atoms with Gasteiger partial charge >= 0.3 is 0 Å². The summed E-state index contributed by atoms with van der Waals surface area (Å²) >= 11 is 0. The molecule has 8 aromatic carbocycles. The van der Waals surface area contributed by atoms with Crippen molar-refractivity contribution in [1.29, 1.82) is 0 Å². The maximum Gasteiger partial charge on any atom is 0.131 e. The summed E-state index contributed by atoms with van der Waals surface area (Å²) in [5, 5.41) is 10.9. The second-order valence-corrected chi connectivity index (χ2v) is 17.0. The summed E-state index contributed by atoms with van der Waals surface area (Å²) in [6, 6.07) is 74.1. The van der Waals surface area contributed by atoms with E-state index in [2.05, 4.69) is 217 Å². The standard InChI is InChI=1S/C59H43N5/c1-59(46-19-9-4-10-20-46)52-23-13-11-21-48(52)49-30-29-42(36-53(49)59)44-33-43(38-25-27-39(28-26-38)55-51-37-60-32-31-47(51)50-22-12-14-24-54(50)61-55)34-45(35-44)58-63-56(40-15-5-2-6-16-40)62-57(64-58)41-17-7-3-8-18-41/h2-37,56,58,63H,1H3,(H,62,64). The van der Waals surface area contributed by atoms with Crippen LogP contribution in [0.2, 0.25) is 0 Å². The summed E-state index contributed by atoms with van der Waals surface area (Å²) in [4.78, 5) is 15.1. The van der Waals surface area contributed by atoms with E-state index in [0.717, 1.165) is 77.7 Å². The van der Waals surface area contributed by atoms with Gasteiger partial charge in [0.25, 0.3) is 0 Å². The van der Waals surface area contributed by atoms with Crippen LogP contribution in [0.1, 0.15) is 52.6 Å². The number of aliphatic imine (C=N–C) groups is 1. The number of hydrogen-bond donors (Lipinski definition) is 2. The Morgan fingerprint density at radius 2 is 1.12 bits per heavy atom. The summed E-state index contributed by atoms with van der Waals surface area (Å²) in [5.74, 6) is 0.855. The lowest BCUT2D eigenvalue weighted by molar-refractivity contribution is 0.409. The highest BCUT2D eigenvalue weighted by Gasteiger charge is 2.40. The van der Waals surface area contributed by atoms with E-state index >= 15 is 0 Å². The molecule has 0 bridgehead atoms. The summed E-state index contributed by atoms with van der Waals surface area (Å²) in [7, 11) is 0. The van der Waals surface area contributed by atoms with Crippen LogP contribution in [0.25, 0.3) is 66.3 Å². The van der Waals surface area contributed by atoms with Crippen LogP contribution in [-0.2, 0) is 5.41 Å². The minimum Gasteiger partial charge on any atom is -0.350 e. The topological polar surface area (TPSA) is 62.2 Å². The molecule has 5 nitrogen and oxygen atoms in total. The number of benzene rings is 8. The summed E-state index contributed by atoms with van der Waals surface area (Å²) in [6.07, 6.45) is 3.30. The Labute approximate surface area is 372 Å². The molecule has 2 aromatic heterocycles. The molecule has 5 heteroatoms. The third kappa shape index (κ3) is 6.40. The van der Waals surface area contributed by atoms with Gasteiger partial charge in [0.1, 0.15) is 18.2 Å². The number of fused-ring (bicyclic) bond motifs is 6. The highest BCUT2D eigenvalue weighted by Crippen LogP contribution is 2.53. The highest BCUT2D eigenvalue weighted by atomic mass is 15.3. The van der Waals surface area contributed by atoms with Crippen LogP contribution in [0.15, 0.2) is 224 Å². The molecular weight excluding hydrogens is 779 g/mol. The van der Waals surface area contributed by atoms with E-state index in [1.54, 1.807) is 0 Å². The van der Waals surface area contributed by atoms with Crippen molar-refractivity contribution in [2.75, 3.05) is 0 Å². The van der Waals surface area contributed by atoms with Crippen molar-refractivity contribution < 1.29 is 0 Å². The molecule has 0 radical (unpaired) electrons. The Bertz CT molecular complexity index is 3400. The molecular formula is C59H43N5. The van der Waals surface area contributed by atoms with E-state index < -0.39 is 0 Å². The highest BCUT2D eigenvalue weighted by molar-refractivity contribution is 6.10. The number of hydrogen-bond acceptors (Lipinski definition) is 5. The van der Waals surface area contributed by atoms with Crippen LogP contribution in [0, 0.1) is 0 Å². The van der Waals surface area contributed by atoms with Gasteiger partial charge in [0, 0.05) is 39.7 Å². The predicted octanol–water partition coefficient (Wildman–Crippen LogP) is 13.5. The quantitative estimate of drug-likeness (QED) is 0.157. The van der Waals surface area contributed by atoms with Crippen LogP contribution in [0.5, 0.6) is 0 Å². The fourth-order valence-corrected chi connectivity index (χ4v) is 10.0. The van der Waals surface area contributed by atoms with Crippen LogP contribution < -0.4 is 10.6 Å². The molecule has 1 aliphatic heterocycles. The van der Waals surface area contributed by atoms with Gasteiger partial charge in [-0.2, -0.15) is 0 Å². The van der Waals surface area contributed by atoms with Gasteiger partial charge in [-0.1, -0.05) is 170 Å². The number of para-hydroxylation sites is 1. The number of nitrogens with zero attached hydrogens (tertiary/aromatic N) is 3. The van der Waals surface area contributed by atoms with Gasteiger partial charge in [-0.05, 0) is 110 Å². The number of aromatic nitrogens is 2. The van der Waals surface area contributed by atoms with Crippen molar-refractivity contribution in [2.45, 2.75) is 24.7 Å². The monoisotopic (exact) mass is 821 g/mol. The van der Waals surface area contributed by atoms with Gasteiger partial charge in [0.15, 0.2) is 0 Å². The van der Waals surface area contributed by atoms with Crippen molar-refractivity contribution in [3.63, 3.8) is 0 Å². The maximum absolute atomic E-state index is 5.40. The Kier molecular flexibility index (Phi) is 9.09. The first-order valence-corrected chi connectivity index (χ1v) is 22.0. The minimum atomic E-state index is -0.339. The molecule has 10 aromatic rings. The average Bonchev–Trinajstić information content (AvgIpc) is 3.64. The molecule has 1 aliphatic carbocycles. The van der Waals surface area contributed by atoms with Crippen molar-refractivity contribution >= 4 is 27.5 Å². The zero-order valence-electron chi connectivity index (χ0n) is 35.3. The van der Waals surface area contributed by atoms with Gasteiger partial charge < -0.3 is 5.32 Å². The average molecular weight is 822 g/mol. The number of nitrogens with one attached hydrogen (secondary N) is 2. The normalized spacial score (nSPS) is 17.7. The maximum atomic E-state index is 5.40. The molecule has 0 amide bonds. The molecule has 3 heterocycles. The fourth-order valence-electron chi connectivity index (χ4n) is 10.0. The molecule has 12 rings (SSSR count). The van der Waals surface area contributed by atoms with Crippen LogP contribution in [-0.4, -0.2) is 15.8 Å². The Morgan fingerprint density at radius 3 is 1.94 bits per heavy atom. The van der Waals surface area contributed by atoms with Gasteiger partial charge in [-0.3, -0.25) is 10.3 Å². The fraction of sp³-hybridized carbons (Fsp3) is 0.0678. The third-order valence-electron chi connectivity index (χ3n) is 13.3. The molecule has 0 saturated heterocycles. The molecule has 2 N–H and O–H groups in total. The van der Waals surface area contributed by atoms with Crippen molar-refractivity contribution in [3.8, 4) is 44.6 Å².